The van der Waals surface area contributed by atoms with E-state index in [4.69, 9.17) is 0 Å². The molecule has 0 fully saturated rings. The summed E-state index contributed by atoms with van der Waals surface area (Å²) < 4.78 is 0. The quantitative estimate of drug-likeness (QED) is 0.522. The van der Waals surface area contributed by atoms with Crippen LogP contribution in [0.25, 0.3) is 32.9 Å². The van der Waals surface area contributed by atoms with Crippen LogP contribution in [0.5, 0.6) is 0 Å². The van der Waals surface area contributed by atoms with Gasteiger partial charge in [-0.05, 0) is 42.8 Å². The minimum Gasteiger partial charge on any atom is -0.264 e. The Balaban J connectivity index is 2.02. The van der Waals surface area contributed by atoms with Gasteiger partial charge in [0.2, 0.25) is 0 Å². The predicted octanol–water partition coefficient (Wildman–Crippen LogP) is 4.15. The Kier molecular flexibility index (Phi) is 2.64. The molecule has 0 unspecified atom stereocenters. The Labute approximate surface area is 122 Å². The SMILES string of the molecule is Cc1ccnc2ccc(-c3nccc4cnccc34)cc12. The molecule has 3 nitrogen and oxygen atoms in total. The zero-order valence-electron chi connectivity index (χ0n) is 11.6. The van der Waals surface area contributed by atoms with Crippen molar-refractivity contribution in [2.45, 2.75) is 6.92 Å². The van der Waals surface area contributed by atoms with Crippen molar-refractivity contribution < 1.29 is 0 Å². The summed E-state index contributed by atoms with van der Waals surface area (Å²) in [7, 11) is 0. The molecule has 3 heteroatoms. The zero-order valence-corrected chi connectivity index (χ0v) is 11.6. The van der Waals surface area contributed by atoms with Gasteiger partial charge in [0.25, 0.3) is 0 Å². The second kappa shape index (κ2) is 4.63. The van der Waals surface area contributed by atoms with Gasteiger partial charge in [-0.15, -0.1) is 0 Å². The van der Waals surface area contributed by atoms with E-state index in [0.29, 0.717) is 0 Å². The first-order valence-electron chi connectivity index (χ1n) is 6.87. The van der Waals surface area contributed by atoms with Gasteiger partial charge in [-0.25, -0.2) is 0 Å². The van der Waals surface area contributed by atoms with Gasteiger partial charge in [0.1, 0.15) is 0 Å². The highest BCUT2D eigenvalue weighted by Crippen LogP contribution is 2.28. The fourth-order valence-electron chi connectivity index (χ4n) is 2.68. The topological polar surface area (TPSA) is 38.7 Å². The number of aromatic nitrogens is 3. The molecule has 3 heterocycles. The van der Waals surface area contributed by atoms with Crippen LogP contribution in [0.15, 0.2) is 61.2 Å². The Morgan fingerprint density at radius 1 is 0.810 bits per heavy atom. The fourth-order valence-corrected chi connectivity index (χ4v) is 2.68. The van der Waals surface area contributed by atoms with Crippen LogP contribution in [0.4, 0.5) is 0 Å². The van der Waals surface area contributed by atoms with Crippen LogP contribution in [-0.4, -0.2) is 15.0 Å². The van der Waals surface area contributed by atoms with Gasteiger partial charge in [-0.2, -0.15) is 0 Å². The lowest BCUT2D eigenvalue weighted by Gasteiger charge is -2.07. The van der Waals surface area contributed by atoms with E-state index in [1.54, 1.807) is 6.20 Å². The third-order valence-electron chi connectivity index (χ3n) is 3.80. The van der Waals surface area contributed by atoms with Crippen molar-refractivity contribution in [1.29, 1.82) is 0 Å². The molecule has 0 aliphatic carbocycles. The largest absolute Gasteiger partial charge is 0.264 e. The van der Waals surface area contributed by atoms with Crippen LogP contribution in [0, 0.1) is 6.92 Å². The molecule has 0 aliphatic rings. The van der Waals surface area contributed by atoms with E-state index in [9.17, 15) is 0 Å². The summed E-state index contributed by atoms with van der Waals surface area (Å²) in [4.78, 5) is 13.1. The van der Waals surface area contributed by atoms with E-state index in [-0.39, 0.29) is 0 Å². The van der Waals surface area contributed by atoms with Gasteiger partial charge in [0, 0.05) is 46.5 Å². The number of hydrogen-bond donors (Lipinski definition) is 0. The van der Waals surface area contributed by atoms with E-state index in [2.05, 4.69) is 40.1 Å². The molecule has 4 aromatic rings. The summed E-state index contributed by atoms with van der Waals surface area (Å²) >= 11 is 0. The van der Waals surface area contributed by atoms with E-state index >= 15 is 0 Å². The van der Waals surface area contributed by atoms with Crippen LogP contribution in [0.2, 0.25) is 0 Å². The monoisotopic (exact) mass is 271 g/mol. The molecule has 0 saturated carbocycles. The van der Waals surface area contributed by atoms with Gasteiger partial charge in [-0.1, -0.05) is 6.07 Å². The molecule has 0 bridgehead atoms. The van der Waals surface area contributed by atoms with Gasteiger partial charge in [0.15, 0.2) is 0 Å². The molecule has 4 rings (SSSR count). The lowest BCUT2D eigenvalue weighted by atomic mass is 10.0. The summed E-state index contributed by atoms with van der Waals surface area (Å²) in [6.45, 7) is 2.11. The molecule has 0 saturated heterocycles. The summed E-state index contributed by atoms with van der Waals surface area (Å²) in [5.41, 5.74) is 4.33. The van der Waals surface area contributed by atoms with E-state index in [0.717, 1.165) is 27.5 Å². The molecule has 21 heavy (non-hydrogen) atoms. The lowest BCUT2D eigenvalue weighted by Crippen LogP contribution is -1.88. The first-order valence-corrected chi connectivity index (χ1v) is 6.87. The minimum atomic E-state index is 0.986. The van der Waals surface area contributed by atoms with Crippen molar-refractivity contribution in [1.82, 2.24) is 15.0 Å². The van der Waals surface area contributed by atoms with Crippen molar-refractivity contribution in [2.24, 2.45) is 0 Å². The summed E-state index contributed by atoms with van der Waals surface area (Å²) in [6, 6.07) is 12.3. The fraction of sp³-hybridized carbons (Fsp3) is 0.0556. The summed E-state index contributed by atoms with van der Waals surface area (Å²) in [5, 5.41) is 3.39. The number of fused-ring (bicyclic) bond motifs is 2. The highest BCUT2D eigenvalue weighted by Gasteiger charge is 2.07. The maximum Gasteiger partial charge on any atom is 0.0781 e. The molecular formula is C18H13N3. The molecule has 0 atom stereocenters. The molecule has 1 aromatic carbocycles. The Bertz CT molecular complexity index is 955. The van der Waals surface area contributed by atoms with Crippen molar-refractivity contribution in [2.75, 3.05) is 0 Å². The zero-order chi connectivity index (χ0) is 14.2. The molecule has 0 radical (unpaired) electrons. The van der Waals surface area contributed by atoms with Crippen LogP contribution in [0.3, 0.4) is 0 Å². The van der Waals surface area contributed by atoms with Crippen LogP contribution in [0.1, 0.15) is 5.56 Å². The first kappa shape index (κ1) is 12.0. The molecule has 0 aliphatic heterocycles. The van der Waals surface area contributed by atoms with E-state index < -0.39 is 0 Å². The summed E-state index contributed by atoms with van der Waals surface area (Å²) in [6.07, 6.45) is 7.36. The van der Waals surface area contributed by atoms with Crippen molar-refractivity contribution >= 4 is 21.7 Å². The molecular weight excluding hydrogens is 258 g/mol. The smallest absolute Gasteiger partial charge is 0.0781 e. The number of benzene rings is 1. The molecule has 0 N–H and O–H groups in total. The van der Waals surface area contributed by atoms with Gasteiger partial charge in [0.05, 0.1) is 11.2 Å². The number of pyridine rings is 3. The van der Waals surface area contributed by atoms with Crippen LogP contribution < -0.4 is 0 Å². The van der Waals surface area contributed by atoms with E-state index in [1.807, 2.05) is 36.8 Å². The van der Waals surface area contributed by atoms with Gasteiger partial charge >= 0.3 is 0 Å². The van der Waals surface area contributed by atoms with Crippen molar-refractivity contribution in [3.8, 4) is 11.3 Å². The Hall–Kier alpha value is -2.81. The molecule has 3 aromatic heterocycles. The second-order valence-corrected chi connectivity index (χ2v) is 5.12. The average molecular weight is 271 g/mol. The second-order valence-electron chi connectivity index (χ2n) is 5.12. The highest BCUT2D eigenvalue weighted by atomic mass is 14.7. The number of rotatable bonds is 1. The maximum absolute atomic E-state index is 4.57. The van der Waals surface area contributed by atoms with Gasteiger partial charge < -0.3 is 0 Å². The van der Waals surface area contributed by atoms with Crippen LogP contribution >= 0.6 is 0 Å². The maximum atomic E-state index is 4.57. The van der Waals surface area contributed by atoms with Crippen molar-refractivity contribution in [3.63, 3.8) is 0 Å². The Morgan fingerprint density at radius 2 is 1.71 bits per heavy atom. The normalized spacial score (nSPS) is 11.1. The standard InChI is InChI=1S/C18H13N3/c1-12-4-8-20-17-3-2-13(10-16(12)17)18-15-6-7-19-11-14(15)5-9-21-18/h2-11H,1H3. The number of hydrogen-bond acceptors (Lipinski definition) is 3. The number of nitrogens with zero attached hydrogens (tertiary/aromatic N) is 3. The van der Waals surface area contributed by atoms with Crippen molar-refractivity contribution in [3.05, 3.63) is 66.7 Å². The third-order valence-corrected chi connectivity index (χ3v) is 3.80. The summed E-state index contributed by atoms with van der Waals surface area (Å²) in [5.74, 6) is 0. The molecule has 0 amide bonds. The average Bonchev–Trinajstić information content (AvgIpc) is 2.54. The minimum absolute atomic E-state index is 0.986. The highest BCUT2D eigenvalue weighted by molar-refractivity contribution is 5.96. The van der Waals surface area contributed by atoms with E-state index in [1.165, 1.54) is 10.9 Å². The number of aryl methyl sites for hydroxylation is 1. The molecule has 100 valence electrons. The lowest BCUT2D eigenvalue weighted by molar-refractivity contribution is 1.32. The third kappa shape index (κ3) is 1.94. The van der Waals surface area contributed by atoms with Gasteiger partial charge in [-0.3, -0.25) is 15.0 Å². The Morgan fingerprint density at radius 3 is 2.67 bits per heavy atom. The molecule has 0 spiro atoms. The van der Waals surface area contributed by atoms with Crippen LogP contribution in [-0.2, 0) is 0 Å². The predicted molar refractivity (Wildman–Crippen MR) is 85.0 cm³/mol. The first-order chi connectivity index (χ1) is 10.3.